The lowest BCUT2D eigenvalue weighted by Gasteiger charge is -2.26. The molecule has 2 aromatic heterocycles. The minimum Gasteiger partial charge on any atom is -0.396 e. The highest BCUT2D eigenvalue weighted by Crippen LogP contribution is 2.40. The molecule has 4 N–H and O–H groups in total. The third kappa shape index (κ3) is 4.77. The number of benzene rings is 1. The van der Waals surface area contributed by atoms with Gasteiger partial charge in [-0.2, -0.15) is 4.98 Å². The molecule has 1 fully saturated rings. The molecule has 1 aromatic carbocycles. The Bertz CT molecular complexity index is 1040. The van der Waals surface area contributed by atoms with Gasteiger partial charge < -0.3 is 20.8 Å². The first kappa shape index (κ1) is 22.2. The van der Waals surface area contributed by atoms with Crippen LogP contribution >= 0.6 is 22.9 Å². The lowest BCUT2D eigenvalue weighted by Crippen LogP contribution is -2.32. The number of nitrogens with one attached hydrogen (secondary N) is 2. The molecule has 2 heterocycles. The van der Waals surface area contributed by atoms with E-state index in [0.29, 0.717) is 35.3 Å². The van der Waals surface area contributed by atoms with E-state index in [0.717, 1.165) is 21.6 Å². The first-order valence-electron chi connectivity index (χ1n) is 10.6. The van der Waals surface area contributed by atoms with Gasteiger partial charge in [0.2, 0.25) is 5.95 Å². The van der Waals surface area contributed by atoms with Gasteiger partial charge in [-0.1, -0.05) is 30.7 Å². The van der Waals surface area contributed by atoms with Crippen molar-refractivity contribution in [1.82, 2.24) is 15.0 Å². The van der Waals surface area contributed by atoms with E-state index >= 15 is 0 Å². The summed E-state index contributed by atoms with van der Waals surface area (Å²) in [6, 6.07) is 7.68. The van der Waals surface area contributed by atoms with E-state index in [-0.39, 0.29) is 24.1 Å². The van der Waals surface area contributed by atoms with E-state index in [1.165, 1.54) is 11.3 Å². The number of aliphatic hydroxyl groups excluding tert-OH is 2. The Morgan fingerprint density at radius 2 is 1.97 bits per heavy atom. The van der Waals surface area contributed by atoms with Gasteiger partial charge in [-0.05, 0) is 51.2 Å². The molecule has 3 aromatic rings. The van der Waals surface area contributed by atoms with E-state index in [2.05, 4.69) is 36.4 Å². The van der Waals surface area contributed by atoms with Crippen molar-refractivity contribution in [2.75, 3.05) is 17.2 Å². The van der Waals surface area contributed by atoms with Crippen LogP contribution in [0.5, 0.6) is 0 Å². The molecule has 9 heteroatoms. The second kappa shape index (κ2) is 8.86. The summed E-state index contributed by atoms with van der Waals surface area (Å²) in [5.41, 5.74) is 1.31. The number of hydrogen-bond donors (Lipinski definition) is 4. The molecule has 0 spiro atoms. The number of thiazole rings is 1. The summed E-state index contributed by atoms with van der Waals surface area (Å²) in [5.74, 6) is 1.03. The summed E-state index contributed by atoms with van der Waals surface area (Å²) < 4.78 is 1.05. The zero-order valence-corrected chi connectivity index (χ0v) is 19.5. The summed E-state index contributed by atoms with van der Waals surface area (Å²) in [7, 11) is 0. The minimum atomic E-state index is -0.572. The van der Waals surface area contributed by atoms with Crippen LogP contribution in [0.2, 0.25) is 5.15 Å². The molecule has 0 radical (unpaired) electrons. The maximum absolute atomic E-state index is 10.5. The van der Waals surface area contributed by atoms with E-state index in [9.17, 15) is 10.2 Å². The van der Waals surface area contributed by atoms with Crippen LogP contribution in [0, 0.1) is 5.92 Å². The molecular weight excluding hydrogens is 434 g/mol. The molecule has 0 amide bonds. The maximum atomic E-state index is 10.5. The fourth-order valence-electron chi connectivity index (χ4n) is 3.75. The van der Waals surface area contributed by atoms with Gasteiger partial charge in [-0.3, -0.25) is 0 Å². The van der Waals surface area contributed by atoms with Crippen molar-refractivity contribution in [1.29, 1.82) is 0 Å². The van der Waals surface area contributed by atoms with Crippen molar-refractivity contribution in [2.24, 2.45) is 5.92 Å². The predicted octanol–water partition coefficient (Wildman–Crippen LogP) is 4.55. The fraction of sp³-hybridized carbons (Fsp3) is 0.500. The van der Waals surface area contributed by atoms with Crippen LogP contribution in [0.25, 0.3) is 20.8 Å². The zero-order valence-electron chi connectivity index (χ0n) is 17.9. The molecule has 0 unspecified atom stereocenters. The fourth-order valence-corrected chi connectivity index (χ4v) is 5.08. The van der Waals surface area contributed by atoms with Crippen LogP contribution in [0.15, 0.2) is 24.3 Å². The second-order valence-corrected chi connectivity index (χ2v) is 10.1. The summed E-state index contributed by atoms with van der Waals surface area (Å²) >= 11 is 8.21. The second-order valence-electron chi connectivity index (χ2n) is 8.75. The van der Waals surface area contributed by atoms with Crippen LogP contribution in [-0.4, -0.2) is 49.5 Å². The first-order chi connectivity index (χ1) is 14.8. The molecular formula is C22H28ClN5O2S. The van der Waals surface area contributed by atoms with Gasteiger partial charge >= 0.3 is 0 Å². The summed E-state index contributed by atoms with van der Waals surface area (Å²) in [4.78, 5) is 14.0. The molecule has 0 saturated heterocycles. The van der Waals surface area contributed by atoms with Crippen LogP contribution in [0.3, 0.4) is 0 Å². The van der Waals surface area contributed by atoms with Crippen LogP contribution in [0.1, 0.15) is 40.0 Å². The van der Waals surface area contributed by atoms with Crippen molar-refractivity contribution in [3.05, 3.63) is 29.4 Å². The minimum absolute atomic E-state index is 0.0575. The highest BCUT2D eigenvalue weighted by atomic mass is 35.5. The number of halogens is 1. The first-order valence-corrected chi connectivity index (χ1v) is 11.8. The molecule has 1 aliphatic carbocycles. The lowest BCUT2D eigenvalue weighted by molar-refractivity contribution is 0.157. The molecule has 1 aliphatic rings. The summed E-state index contributed by atoms with van der Waals surface area (Å²) in [5, 5.41) is 27.8. The number of rotatable bonds is 7. The number of fused-ring (bicyclic) bond motifs is 1. The van der Waals surface area contributed by atoms with Gasteiger partial charge in [-0.25, -0.2) is 9.97 Å². The normalized spacial score (nSPS) is 21.5. The highest BCUT2D eigenvalue weighted by Gasteiger charge is 2.34. The van der Waals surface area contributed by atoms with Crippen molar-refractivity contribution in [3.8, 4) is 10.6 Å². The Labute approximate surface area is 190 Å². The molecule has 0 aliphatic heterocycles. The molecule has 31 heavy (non-hydrogen) atoms. The average molecular weight is 462 g/mol. The van der Waals surface area contributed by atoms with E-state index in [1.54, 1.807) is 0 Å². The number of nitrogens with zero attached hydrogens (tertiary/aromatic N) is 3. The van der Waals surface area contributed by atoms with Gasteiger partial charge in [0.25, 0.3) is 0 Å². The highest BCUT2D eigenvalue weighted by molar-refractivity contribution is 7.21. The van der Waals surface area contributed by atoms with Crippen molar-refractivity contribution in [2.45, 2.75) is 57.7 Å². The third-order valence-electron chi connectivity index (χ3n) is 5.91. The monoisotopic (exact) mass is 461 g/mol. The Kier molecular flexibility index (Phi) is 6.35. The van der Waals surface area contributed by atoms with Gasteiger partial charge in [0.15, 0.2) is 0 Å². The van der Waals surface area contributed by atoms with Gasteiger partial charge in [-0.15, -0.1) is 11.3 Å². The molecule has 4 rings (SSSR count). The van der Waals surface area contributed by atoms with Crippen LogP contribution < -0.4 is 10.6 Å². The number of hydrogen-bond acceptors (Lipinski definition) is 8. The maximum Gasteiger partial charge on any atom is 0.226 e. The molecule has 3 atom stereocenters. The number of para-hydroxylation sites is 1. The van der Waals surface area contributed by atoms with Gasteiger partial charge in [0, 0.05) is 12.1 Å². The Morgan fingerprint density at radius 3 is 2.65 bits per heavy atom. The van der Waals surface area contributed by atoms with Gasteiger partial charge in [0.05, 0.1) is 27.9 Å². The zero-order chi connectivity index (χ0) is 22.2. The van der Waals surface area contributed by atoms with Crippen molar-refractivity contribution < 1.29 is 10.2 Å². The molecule has 7 nitrogen and oxygen atoms in total. The van der Waals surface area contributed by atoms with Gasteiger partial charge in [0.1, 0.15) is 16.0 Å². The third-order valence-corrected chi connectivity index (χ3v) is 7.24. The summed E-state index contributed by atoms with van der Waals surface area (Å²) in [6.07, 6.45) is 1.52. The topological polar surface area (TPSA) is 103 Å². The lowest BCUT2D eigenvalue weighted by atomic mass is 10.0. The Hall–Kier alpha value is -2.00. The van der Waals surface area contributed by atoms with E-state index in [1.807, 2.05) is 24.3 Å². The van der Waals surface area contributed by atoms with E-state index < -0.39 is 6.10 Å². The molecule has 1 saturated carbocycles. The number of aromatic nitrogens is 3. The standard InChI is InChI=1S/C22H28ClN5O2S/c1-4-22(2,3)28-21-26-18(23)17(20-25-13-7-5-6-8-16(13)31-20)19(27-21)24-14-9-12(11-29)10-15(14)30/h5-8,12,14-15,29-30H,4,9-11H2,1-3H3,(H2,24,26,27,28)/t12-,14+,15+/m0/s1. The van der Waals surface area contributed by atoms with Crippen molar-refractivity contribution >= 4 is 44.9 Å². The van der Waals surface area contributed by atoms with Crippen LogP contribution in [-0.2, 0) is 0 Å². The number of aliphatic hydroxyl groups is 2. The molecule has 0 bridgehead atoms. The van der Waals surface area contributed by atoms with Crippen molar-refractivity contribution in [3.63, 3.8) is 0 Å². The largest absolute Gasteiger partial charge is 0.396 e. The predicted molar refractivity (Wildman–Crippen MR) is 127 cm³/mol. The van der Waals surface area contributed by atoms with Crippen LogP contribution in [0.4, 0.5) is 11.8 Å². The summed E-state index contributed by atoms with van der Waals surface area (Å²) in [6.45, 7) is 6.30. The Balaban J connectivity index is 1.77. The smallest absolute Gasteiger partial charge is 0.226 e. The number of anilines is 2. The van der Waals surface area contributed by atoms with E-state index in [4.69, 9.17) is 21.6 Å². The molecule has 166 valence electrons. The quantitative estimate of drug-likeness (QED) is 0.382. The SMILES string of the molecule is CCC(C)(C)Nc1nc(Cl)c(-c2nc3ccccc3s2)c(N[C@@H]2C[C@H](CO)C[C@H]2O)n1. The Morgan fingerprint density at radius 1 is 1.19 bits per heavy atom. The average Bonchev–Trinajstić information content (AvgIpc) is 3.30.